The summed E-state index contributed by atoms with van der Waals surface area (Å²) in [6, 6.07) is 0.538. The van der Waals surface area contributed by atoms with Crippen LogP contribution in [0.5, 0.6) is 0 Å². The van der Waals surface area contributed by atoms with Crippen LogP contribution in [0, 0.1) is 11.8 Å². The van der Waals surface area contributed by atoms with E-state index in [9.17, 15) is 8.42 Å². The van der Waals surface area contributed by atoms with E-state index in [1.54, 1.807) is 0 Å². The molecule has 0 amide bonds. The van der Waals surface area contributed by atoms with E-state index in [0.29, 0.717) is 12.6 Å². The molecule has 0 bridgehead atoms. The van der Waals surface area contributed by atoms with Crippen molar-refractivity contribution in [3.8, 4) is 0 Å². The summed E-state index contributed by atoms with van der Waals surface area (Å²) in [6.07, 6.45) is 9.43. The molecule has 2 fully saturated rings. The fourth-order valence-corrected chi connectivity index (χ4v) is 4.15. The van der Waals surface area contributed by atoms with Crippen LogP contribution < -0.4 is 10.0 Å². The first-order chi connectivity index (χ1) is 8.61. The highest BCUT2D eigenvalue weighted by Crippen LogP contribution is 2.40. The largest absolute Gasteiger partial charge is 0.313 e. The van der Waals surface area contributed by atoms with Crippen molar-refractivity contribution in [3.05, 3.63) is 0 Å². The first kappa shape index (κ1) is 14.3. The zero-order valence-electron chi connectivity index (χ0n) is 11.3. The maximum atomic E-state index is 11.3. The molecule has 5 heteroatoms. The standard InChI is InChI=1S/C13H26N2O2S/c1-14-18(16,17)9-8-15-13-7-6-11-4-2-3-5-12(11)10-13/h11-15H,2-10H2,1H3. The van der Waals surface area contributed by atoms with E-state index in [1.165, 1.54) is 52.0 Å². The van der Waals surface area contributed by atoms with Gasteiger partial charge in [0.1, 0.15) is 0 Å². The fourth-order valence-electron chi connectivity index (χ4n) is 3.56. The van der Waals surface area contributed by atoms with E-state index in [2.05, 4.69) is 10.0 Å². The van der Waals surface area contributed by atoms with Crippen molar-refractivity contribution in [3.63, 3.8) is 0 Å². The Balaban J connectivity index is 1.71. The van der Waals surface area contributed by atoms with Crippen molar-refractivity contribution >= 4 is 10.0 Å². The van der Waals surface area contributed by atoms with Gasteiger partial charge in [-0.15, -0.1) is 0 Å². The Bertz CT molecular complexity index is 356. The molecule has 0 aromatic heterocycles. The van der Waals surface area contributed by atoms with Crippen LogP contribution in [-0.2, 0) is 10.0 Å². The van der Waals surface area contributed by atoms with Crippen LogP contribution in [0.15, 0.2) is 0 Å². The molecule has 0 radical (unpaired) electrons. The Hall–Kier alpha value is -0.130. The lowest BCUT2D eigenvalue weighted by atomic mass is 9.69. The van der Waals surface area contributed by atoms with Gasteiger partial charge < -0.3 is 5.32 Å². The second kappa shape index (κ2) is 6.35. The molecule has 18 heavy (non-hydrogen) atoms. The Morgan fingerprint density at radius 1 is 1.06 bits per heavy atom. The predicted octanol–water partition coefficient (Wildman–Crippen LogP) is 1.48. The minimum absolute atomic E-state index is 0.189. The van der Waals surface area contributed by atoms with Crippen molar-refractivity contribution < 1.29 is 8.42 Å². The third-order valence-electron chi connectivity index (χ3n) is 4.65. The average molecular weight is 274 g/mol. The SMILES string of the molecule is CNS(=O)(=O)CCNC1CCC2CCCCC2C1. The number of rotatable bonds is 5. The van der Waals surface area contributed by atoms with Crippen molar-refractivity contribution in [1.29, 1.82) is 0 Å². The van der Waals surface area contributed by atoms with Gasteiger partial charge in [-0.2, -0.15) is 0 Å². The predicted molar refractivity (Wildman–Crippen MR) is 73.9 cm³/mol. The van der Waals surface area contributed by atoms with Crippen LogP contribution in [0.1, 0.15) is 44.9 Å². The lowest BCUT2D eigenvalue weighted by molar-refractivity contribution is 0.145. The molecule has 0 aromatic rings. The first-order valence-electron chi connectivity index (χ1n) is 7.25. The number of fused-ring (bicyclic) bond motifs is 1. The summed E-state index contributed by atoms with van der Waals surface area (Å²) in [5.74, 6) is 2.04. The van der Waals surface area contributed by atoms with Gasteiger partial charge >= 0.3 is 0 Å². The summed E-state index contributed by atoms with van der Waals surface area (Å²) >= 11 is 0. The second-order valence-corrected chi connectivity index (χ2v) is 7.84. The number of nitrogens with one attached hydrogen (secondary N) is 2. The van der Waals surface area contributed by atoms with Gasteiger partial charge in [-0.25, -0.2) is 13.1 Å². The van der Waals surface area contributed by atoms with Crippen LogP contribution in [0.2, 0.25) is 0 Å². The number of hydrogen-bond acceptors (Lipinski definition) is 3. The molecule has 4 nitrogen and oxygen atoms in total. The van der Waals surface area contributed by atoms with Crippen LogP contribution in [0.4, 0.5) is 0 Å². The van der Waals surface area contributed by atoms with Crippen LogP contribution >= 0.6 is 0 Å². The molecule has 0 saturated heterocycles. The molecular formula is C13H26N2O2S. The lowest BCUT2D eigenvalue weighted by Crippen LogP contribution is -2.41. The summed E-state index contributed by atoms with van der Waals surface area (Å²) in [4.78, 5) is 0. The zero-order valence-corrected chi connectivity index (χ0v) is 12.1. The Morgan fingerprint density at radius 2 is 1.78 bits per heavy atom. The molecule has 0 aliphatic heterocycles. The van der Waals surface area contributed by atoms with Crippen molar-refractivity contribution in [2.75, 3.05) is 19.3 Å². The third-order valence-corrected chi connectivity index (χ3v) is 6.02. The second-order valence-electron chi connectivity index (χ2n) is 5.79. The summed E-state index contributed by atoms with van der Waals surface area (Å²) in [5.41, 5.74) is 0. The maximum absolute atomic E-state index is 11.3. The van der Waals surface area contributed by atoms with E-state index in [4.69, 9.17) is 0 Å². The third kappa shape index (κ3) is 3.93. The van der Waals surface area contributed by atoms with Crippen LogP contribution in [0.25, 0.3) is 0 Å². The average Bonchev–Trinajstić information content (AvgIpc) is 2.38. The molecule has 3 unspecified atom stereocenters. The van der Waals surface area contributed by atoms with E-state index >= 15 is 0 Å². The fraction of sp³-hybridized carbons (Fsp3) is 1.00. The highest BCUT2D eigenvalue weighted by atomic mass is 32.2. The first-order valence-corrected chi connectivity index (χ1v) is 8.90. The van der Waals surface area contributed by atoms with E-state index in [-0.39, 0.29) is 5.75 Å². The van der Waals surface area contributed by atoms with Gasteiger partial charge in [0.2, 0.25) is 10.0 Å². The van der Waals surface area contributed by atoms with Crippen LogP contribution in [0.3, 0.4) is 0 Å². The van der Waals surface area contributed by atoms with Gasteiger partial charge in [-0.3, -0.25) is 0 Å². The topological polar surface area (TPSA) is 58.2 Å². The molecule has 0 heterocycles. The minimum Gasteiger partial charge on any atom is -0.313 e. The van der Waals surface area contributed by atoms with Gasteiger partial charge in [-0.1, -0.05) is 25.7 Å². The minimum atomic E-state index is -3.06. The highest BCUT2D eigenvalue weighted by molar-refractivity contribution is 7.89. The molecule has 0 spiro atoms. The van der Waals surface area contributed by atoms with Crippen molar-refractivity contribution in [2.45, 2.75) is 51.0 Å². The summed E-state index contributed by atoms with van der Waals surface area (Å²) in [6.45, 7) is 0.575. The molecule has 2 rings (SSSR count). The molecule has 106 valence electrons. The molecule has 2 N–H and O–H groups in total. The summed E-state index contributed by atoms with van der Waals surface area (Å²) in [7, 11) is -1.58. The number of hydrogen-bond donors (Lipinski definition) is 2. The molecule has 2 saturated carbocycles. The summed E-state index contributed by atoms with van der Waals surface area (Å²) < 4.78 is 25.0. The normalized spacial score (nSPS) is 33.1. The van der Waals surface area contributed by atoms with Crippen molar-refractivity contribution in [2.24, 2.45) is 11.8 Å². The van der Waals surface area contributed by atoms with E-state index in [0.717, 1.165) is 11.8 Å². The Kier molecular flexibility index (Phi) is 5.04. The zero-order chi connectivity index (χ0) is 13.0. The molecular weight excluding hydrogens is 248 g/mol. The van der Waals surface area contributed by atoms with Gasteiger partial charge in [0.25, 0.3) is 0 Å². The lowest BCUT2D eigenvalue weighted by Gasteiger charge is -2.39. The summed E-state index contributed by atoms with van der Waals surface area (Å²) in [5, 5.41) is 3.43. The van der Waals surface area contributed by atoms with Gasteiger partial charge in [0.05, 0.1) is 5.75 Å². The molecule has 2 aliphatic carbocycles. The molecule has 3 atom stereocenters. The Labute approximate surface area is 111 Å². The van der Waals surface area contributed by atoms with E-state index < -0.39 is 10.0 Å². The highest BCUT2D eigenvalue weighted by Gasteiger charge is 2.31. The Morgan fingerprint density at radius 3 is 2.50 bits per heavy atom. The molecule has 0 aromatic carbocycles. The van der Waals surface area contributed by atoms with Gasteiger partial charge in [0.15, 0.2) is 0 Å². The quantitative estimate of drug-likeness (QED) is 0.798. The maximum Gasteiger partial charge on any atom is 0.212 e. The van der Waals surface area contributed by atoms with Gasteiger partial charge in [0, 0.05) is 12.6 Å². The smallest absolute Gasteiger partial charge is 0.212 e. The van der Waals surface area contributed by atoms with Gasteiger partial charge in [-0.05, 0) is 38.1 Å². The number of sulfonamides is 1. The molecule has 2 aliphatic rings. The van der Waals surface area contributed by atoms with E-state index in [1.807, 2.05) is 0 Å². The van der Waals surface area contributed by atoms with Crippen molar-refractivity contribution in [1.82, 2.24) is 10.0 Å². The monoisotopic (exact) mass is 274 g/mol. The van der Waals surface area contributed by atoms with Crippen LogP contribution in [-0.4, -0.2) is 33.8 Å².